The minimum atomic E-state index is -0.302. The van der Waals surface area contributed by atoms with Crippen LogP contribution in [0, 0.1) is 5.92 Å². The molecule has 1 aliphatic rings. The average Bonchev–Trinajstić information content (AvgIpc) is 2.94. The predicted octanol–water partition coefficient (Wildman–Crippen LogP) is 3.27. The zero-order valence-corrected chi connectivity index (χ0v) is 14.7. The zero-order chi connectivity index (χ0) is 17.0. The second-order valence-corrected chi connectivity index (χ2v) is 6.61. The molecule has 2 unspecified atom stereocenters. The molecule has 126 valence electrons. The molecule has 1 fully saturated rings. The van der Waals surface area contributed by atoms with Crippen LogP contribution in [0.4, 0.5) is 4.79 Å². The predicted molar refractivity (Wildman–Crippen MR) is 91.7 cm³/mol. The van der Waals surface area contributed by atoms with Crippen LogP contribution in [0.3, 0.4) is 0 Å². The average molecular weight is 358 g/mol. The molecule has 23 heavy (non-hydrogen) atoms. The van der Waals surface area contributed by atoms with Crippen molar-refractivity contribution in [2.45, 2.75) is 38.3 Å². The van der Waals surface area contributed by atoms with Gasteiger partial charge in [0.05, 0.1) is 12.0 Å². The summed E-state index contributed by atoms with van der Waals surface area (Å²) in [7, 11) is 1.61. The molecular weight excluding hydrogens is 337 g/mol. The van der Waals surface area contributed by atoms with Gasteiger partial charge in [0.25, 0.3) is 0 Å². The SMILES string of the molecule is CNC(=O)C1CCCC1NC(=O)N[C@H](C)c1ccc(Cl)cc1Cl. The molecule has 3 amide bonds. The molecule has 0 spiro atoms. The van der Waals surface area contributed by atoms with Crippen LogP contribution in [0.5, 0.6) is 0 Å². The van der Waals surface area contributed by atoms with E-state index in [1.807, 2.05) is 6.92 Å². The molecule has 3 atom stereocenters. The molecule has 1 saturated carbocycles. The smallest absolute Gasteiger partial charge is 0.315 e. The largest absolute Gasteiger partial charge is 0.359 e. The number of amides is 3. The number of hydrogen-bond donors (Lipinski definition) is 3. The van der Waals surface area contributed by atoms with Crippen molar-refractivity contribution in [1.82, 2.24) is 16.0 Å². The Kier molecular flexibility index (Phi) is 6.13. The minimum absolute atomic E-state index is 0.0263. The van der Waals surface area contributed by atoms with E-state index < -0.39 is 0 Å². The molecule has 0 bridgehead atoms. The summed E-state index contributed by atoms with van der Waals surface area (Å²) in [6, 6.07) is 4.47. The lowest BCUT2D eigenvalue weighted by Crippen LogP contribution is -2.47. The number of hydrogen-bond acceptors (Lipinski definition) is 2. The molecule has 7 heteroatoms. The fraction of sp³-hybridized carbons (Fsp3) is 0.500. The van der Waals surface area contributed by atoms with Gasteiger partial charge in [-0.25, -0.2) is 4.79 Å². The Morgan fingerprint density at radius 3 is 2.65 bits per heavy atom. The zero-order valence-electron chi connectivity index (χ0n) is 13.2. The molecule has 0 saturated heterocycles. The fourth-order valence-corrected chi connectivity index (χ4v) is 3.54. The number of carbonyl (C=O) groups is 2. The first-order chi connectivity index (χ1) is 10.9. The van der Waals surface area contributed by atoms with Crippen molar-refractivity contribution in [2.75, 3.05) is 7.05 Å². The lowest BCUT2D eigenvalue weighted by Gasteiger charge is -2.22. The summed E-state index contributed by atoms with van der Waals surface area (Å²) in [5.41, 5.74) is 0.792. The standard InChI is InChI=1S/C16H21Cl2N3O2/c1-9(11-7-6-10(17)8-13(11)18)20-16(23)21-14-5-3-4-12(14)15(22)19-2/h6-9,12,14H,3-5H2,1-2H3,(H,19,22)(H2,20,21,23)/t9-,12?,14?/m1/s1. The Morgan fingerprint density at radius 1 is 1.26 bits per heavy atom. The summed E-state index contributed by atoms with van der Waals surface area (Å²) in [4.78, 5) is 24.0. The summed E-state index contributed by atoms with van der Waals surface area (Å²) in [6.45, 7) is 1.85. The molecular formula is C16H21Cl2N3O2. The maximum Gasteiger partial charge on any atom is 0.315 e. The summed E-state index contributed by atoms with van der Waals surface area (Å²) in [5.74, 6) is -0.193. The Hall–Kier alpha value is -1.46. The van der Waals surface area contributed by atoms with E-state index in [1.165, 1.54) is 0 Å². The third-order valence-electron chi connectivity index (χ3n) is 4.19. The molecule has 1 aromatic rings. The molecule has 5 nitrogen and oxygen atoms in total. The molecule has 0 aliphatic heterocycles. The van der Waals surface area contributed by atoms with Crippen molar-refractivity contribution in [2.24, 2.45) is 5.92 Å². The van der Waals surface area contributed by atoms with E-state index in [4.69, 9.17) is 23.2 Å². The van der Waals surface area contributed by atoms with Gasteiger partial charge in [0, 0.05) is 23.1 Å². The highest BCUT2D eigenvalue weighted by Crippen LogP contribution is 2.27. The fourth-order valence-electron chi connectivity index (χ4n) is 2.97. The van der Waals surface area contributed by atoms with E-state index in [2.05, 4.69) is 16.0 Å². The number of halogens is 2. The number of rotatable bonds is 4. The van der Waals surface area contributed by atoms with Crippen molar-refractivity contribution >= 4 is 35.1 Å². The molecule has 1 aromatic carbocycles. The Bertz CT molecular complexity index is 595. The summed E-state index contributed by atoms with van der Waals surface area (Å²) in [6.07, 6.45) is 2.53. The summed E-state index contributed by atoms with van der Waals surface area (Å²) < 4.78 is 0. The van der Waals surface area contributed by atoms with Gasteiger partial charge in [0.15, 0.2) is 0 Å². The first kappa shape index (κ1) is 17.9. The molecule has 3 N–H and O–H groups in total. The van der Waals surface area contributed by atoms with Gasteiger partial charge in [0.2, 0.25) is 5.91 Å². The van der Waals surface area contributed by atoms with Gasteiger partial charge in [-0.1, -0.05) is 35.7 Å². The third-order valence-corrected chi connectivity index (χ3v) is 4.75. The van der Waals surface area contributed by atoms with Crippen LogP contribution in [0.2, 0.25) is 10.0 Å². The molecule has 1 aliphatic carbocycles. The molecule has 0 radical (unpaired) electrons. The lowest BCUT2D eigenvalue weighted by molar-refractivity contribution is -0.124. The topological polar surface area (TPSA) is 70.2 Å². The van der Waals surface area contributed by atoms with Gasteiger partial charge in [-0.2, -0.15) is 0 Å². The molecule has 2 rings (SSSR count). The van der Waals surface area contributed by atoms with Crippen molar-refractivity contribution in [1.29, 1.82) is 0 Å². The molecule has 0 heterocycles. The van der Waals surface area contributed by atoms with E-state index in [0.29, 0.717) is 10.0 Å². The van der Waals surface area contributed by atoms with E-state index in [1.54, 1.807) is 25.2 Å². The Morgan fingerprint density at radius 2 is 2.00 bits per heavy atom. The van der Waals surface area contributed by atoms with Gasteiger partial charge in [0.1, 0.15) is 0 Å². The normalized spacial score (nSPS) is 21.6. The summed E-state index contributed by atoms with van der Waals surface area (Å²) in [5, 5.41) is 9.46. The second kappa shape index (κ2) is 7.88. The number of urea groups is 1. The van der Waals surface area contributed by atoms with Crippen LogP contribution in [0.1, 0.15) is 37.8 Å². The second-order valence-electron chi connectivity index (χ2n) is 5.76. The molecule has 0 aromatic heterocycles. The van der Waals surface area contributed by atoms with Crippen molar-refractivity contribution < 1.29 is 9.59 Å². The Balaban J connectivity index is 1.95. The number of benzene rings is 1. The Labute approximate surface area is 146 Å². The summed E-state index contributed by atoms with van der Waals surface area (Å²) >= 11 is 12.0. The van der Waals surface area contributed by atoms with Crippen LogP contribution in [-0.4, -0.2) is 25.0 Å². The van der Waals surface area contributed by atoms with Crippen LogP contribution >= 0.6 is 23.2 Å². The third kappa shape index (κ3) is 4.52. The van der Waals surface area contributed by atoms with E-state index in [0.717, 1.165) is 24.8 Å². The van der Waals surface area contributed by atoms with Crippen LogP contribution in [0.15, 0.2) is 18.2 Å². The maximum absolute atomic E-state index is 12.2. The van der Waals surface area contributed by atoms with Gasteiger partial charge in [-0.3, -0.25) is 4.79 Å². The first-order valence-corrected chi connectivity index (χ1v) is 8.41. The minimum Gasteiger partial charge on any atom is -0.359 e. The van der Waals surface area contributed by atoms with Crippen LogP contribution < -0.4 is 16.0 Å². The first-order valence-electron chi connectivity index (χ1n) is 7.66. The van der Waals surface area contributed by atoms with Crippen molar-refractivity contribution in [3.8, 4) is 0 Å². The van der Waals surface area contributed by atoms with E-state index in [9.17, 15) is 9.59 Å². The van der Waals surface area contributed by atoms with Gasteiger partial charge >= 0.3 is 6.03 Å². The van der Waals surface area contributed by atoms with Gasteiger partial charge < -0.3 is 16.0 Å². The number of nitrogens with one attached hydrogen (secondary N) is 3. The van der Waals surface area contributed by atoms with Crippen molar-refractivity contribution in [3.05, 3.63) is 33.8 Å². The maximum atomic E-state index is 12.2. The monoisotopic (exact) mass is 357 g/mol. The van der Waals surface area contributed by atoms with Crippen LogP contribution in [-0.2, 0) is 4.79 Å². The van der Waals surface area contributed by atoms with Crippen LogP contribution in [0.25, 0.3) is 0 Å². The highest BCUT2D eigenvalue weighted by Gasteiger charge is 2.33. The van der Waals surface area contributed by atoms with E-state index >= 15 is 0 Å². The van der Waals surface area contributed by atoms with Crippen molar-refractivity contribution in [3.63, 3.8) is 0 Å². The van der Waals surface area contributed by atoms with E-state index in [-0.39, 0.29) is 29.9 Å². The lowest BCUT2D eigenvalue weighted by atomic mass is 10.0. The highest BCUT2D eigenvalue weighted by molar-refractivity contribution is 6.35. The highest BCUT2D eigenvalue weighted by atomic mass is 35.5. The quantitative estimate of drug-likeness (QED) is 0.773. The number of carbonyl (C=O) groups excluding carboxylic acids is 2. The van der Waals surface area contributed by atoms with Gasteiger partial charge in [-0.15, -0.1) is 0 Å². The van der Waals surface area contributed by atoms with Gasteiger partial charge in [-0.05, 0) is 37.5 Å².